The first-order chi connectivity index (χ1) is 9.37. The van der Waals surface area contributed by atoms with Crippen molar-refractivity contribution in [2.75, 3.05) is 11.5 Å². The van der Waals surface area contributed by atoms with Gasteiger partial charge in [-0.1, -0.05) is 5.21 Å². The zero-order chi connectivity index (χ0) is 14.8. The third kappa shape index (κ3) is 3.76. The number of carboxylic acid groups (broad SMARTS) is 1. The van der Waals surface area contributed by atoms with E-state index in [-0.39, 0.29) is 17.9 Å². The van der Waals surface area contributed by atoms with Gasteiger partial charge < -0.3 is 10.2 Å². The number of rotatable bonds is 6. The van der Waals surface area contributed by atoms with Crippen LogP contribution in [0.25, 0.3) is 0 Å². The Morgan fingerprint density at radius 2 is 2.15 bits per heavy atom. The van der Waals surface area contributed by atoms with Gasteiger partial charge in [0.05, 0.1) is 29.3 Å². The van der Waals surface area contributed by atoms with E-state index in [2.05, 4.69) is 10.3 Å². The predicted octanol–water partition coefficient (Wildman–Crippen LogP) is -0.594. The van der Waals surface area contributed by atoms with E-state index in [1.54, 1.807) is 6.20 Å². The van der Waals surface area contributed by atoms with Gasteiger partial charge in [0.2, 0.25) is 0 Å². The lowest BCUT2D eigenvalue weighted by Crippen LogP contribution is -2.22. The summed E-state index contributed by atoms with van der Waals surface area (Å²) in [5.41, 5.74) is 0.673. The summed E-state index contributed by atoms with van der Waals surface area (Å²) >= 11 is 0. The molecule has 0 radical (unpaired) electrons. The van der Waals surface area contributed by atoms with E-state index in [1.807, 2.05) is 0 Å². The van der Waals surface area contributed by atoms with Crippen LogP contribution in [-0.2, 0) is 21.1 Å². The van der Waals surface area contributed by atoms with Crippen LogP contribution >= 0.6 is 0 Å². The Labute approximate surface area is 116 Å². The minimum atomic E-state index is -3.22. The molecule has 0 amide bonds. The van der Waals surface area contributed by atoms with Crippen molar-refractivity contribution in [3.8, 4) is 0 Å². The highest BCUT2D eigenvalue weighted by Crippen LogP contribution is 2.23. The monoisotopic (exact) mass is 303 g/mol. The van der Waals surface area contributed by atoms with E-state index >= 15 is 0 Å². The van der Waals surface area contributed by atoms with Crippen molar-refractivity contribution < 1.29 is 23.4 Å². The third-order valence-electron chi connectivity index (χ3n) is 3.26. The summed E-state index contributed by atoms with van der Waals surface area (Å²) < 4.78 is 24.2. The van der Waals surface area contributed by atoms with Gasteiger partial charge in [0.15, 0.2) is 9.84 Å². The van der Waals surface area contributed by atoms with Crippen LogP contribution in [0.1, 0.15) is 31.0 Å². The molecule has 2 N–H and O–H groups in total. The number of unbranched alkanes of at least 4 members (excludes halogenated alkanes) is 1. The molecule has 0 aliphatic carbocycles. The van der Waals surface area contributed by atoms with Gasteiger partial charge in [0.25, 0.3) is 0 Å². The Bertz CT molecular complexity index is 583. The molecular weight excluding hydrogens is 286 g/mol. The first-order valence-electron chi connectivity index (χ1n) is 6.38. The molecule has 1 aromatic heterocycles. The predicted molar refractivity (Wildman–Crippen MR) is 68.9 cm³/mol. The molecule has 112 valence electrons. The third-order valence-corrected chi connectivity index (χ3v) is 4.96. The Morgan fingerprint density at radius 1 is 1.40 bits per heavy atom. The fourth-order valence-corrected chi connectivity index (χ4v) is 4.01. The van der Waals surface area contributed by atoms with E-state index in [4.69, 9.17) is 5.11 Å². The van der Waals surface area contributed by atoms with Gasteiger partial charge >= 0.3 is 5.97 Å². The number of aliphatic carboxylic acids is 1. The standard InChI is InChI=1S/C11H17N3O5S/c15-10-7-20(18,19)6-9(10)14-5-8(12-13-14)3-1-2-4-11(16)17/h5,9-10,15H,1-4,6-7H2,(H,16,17). The van der Waals surface area contributed by atoms with Crippen LogP contribution < -0.4 is 0 Å². The van der Waals surface area contributed by atoms with E-state index in [0.29, 0.717) is 25.0 Å². The number of carboxylic acids is 1. The summed E-state index contributed by atoms with van der Waals surface area (Å²) in [6, 6.07) is -0.583. The van der Waals surface area contributed by atoms with E-state index in [0.717, 1.165) is 0 Å². The quantitative estimate of drug-likeness (QED) is 0.673. The molecule has 1 fully saturated rings. The number of carbonyl (C=O) groups is 1. The summed E-state index contributed by atoms with van der Waals surface area (Å²) in [7, 11) is -3.22. The molecule has 1 aliphatic heterocycles. The average molecular weight is 303 g/mol. The van der Waals surface area contributed by atoms with Crippen LogP contribution in [0.2, 0.25) is 0 Å². The van der Waals surface area contributed by atoms with Crippen LogP contribution in [0.3, 0.4) is 0 Å². The molecule has 2 rings (SSSR count). The minimum Gasteiger partial charge on any atom is -0.481 e. The molecule has 2 atom stereocenters. The van der Waals surface area contributed by atoms with Crippen molar-refractivity contribution in [2.24, 2.45) is 0 Å². The second-order valence-corrected chi connectivity index (χ2v) is 7.16. The number of aliphatic hydroxyl groups is 1. The van der Waals surface area contributed by atoms with Crippen LogP contribution in [0.15, 0.2) is 6.20 Å². The average Bonchev–Trinajstić information content (AvgIpc) is 2.88. The van der Waals surface area contributed by atoms with Crippen molar-refractivity contribution in [1.82, 2.24) is 15.0 Å². The molecule has 8 nitrogen and oxygen atoms in total. The molecule has 0 bridgehead atoms. The molecule has 0 saturated carbocycles. The van der Waals surface area contributed by atoms with Crippen molar-refractivity contribution in [3.05, 3.63) is 11.9 Å². The number of nitrogens with zero attached hydrogens (tertiary/aromatic N) is 3. The summed E-state index contributed by atoms with van der Waals surface area (Å²) in [5, 5.41) is 26.0. The second kappa shape index (κ2) is 5.88. The highest BCUT2D eigenvalue weighted by atomic mass is 32.2. The van der Waals surface area contributed by atoms with E-state index in [9.17, 15) is 18.3 Å². The molecule has 20 heavy (non-hydrogen) atoms. The molecule has 2 heterocycles. The van der Waals surface area contributed by atoms with Gasteiger partial charge in [-0.15, -0.1) is 5.10 Å². The smallest absolute Gasteiger partial charge is 0.303 e. The molecule has 1 aromatic rings. The van der Waals surface area contributed by atoms with Gasteiger partial charge in [-0.3, -0.25) is 4.79 Å². The fourth-order valence-electron chi connectivity index (χ4n) is 2.24. The van der Waals surface area contributed by atoms with Crippen molar-refractivity contribution >= 4 is 15.8 Å². The zero-order valence-corrected chi connectivity index (χ0v) is 11.7. The summed E-state index contributed by atoms with van der Waals surface area (Å²) in [4.78, 5) is 10.4. The lowest BCUT2D eigenvalue weighted by Gasteiger charge is -2.11. The minimum absolute atomic E-state index is 0.119. The zero-order valence-electron chi connectivity index (χ0n) is 10.8. The number of aromatic nitrogens is 3. The van der Waals surface area contributed by atoms with Crippen LogP contribution in [0, 0.1) is 0 Å². The largest absolute Gasteiger partial charge is 0.481 e. The Hall–Kier alpha value is -1.48. The number of sulfone groups is 1. The Morgan fingerprint density at radius 3 is 2.75 bits per heavy atom. The number of aryl methyl sites for hydroxylation is 1. The lowest BCUT2D eigenvalue weighted by molar-refractivity contribution is -0.137. The normalized spacial score (nSPS) is 24.9. The van der Waals surface area contributed by atoms with Crippen LogP contribution in [0.4, 0.5) is 0 Å². The first-order valence-corrected chi connectivity index (χ1v) is 8.20. The second-order valence-electron chi connectivity index (χ2n) is 5.00. The van der Waals surface area contributed by atoms with Crippen LogP contribution in [0.5, 0.6) is 0 Å². The SMILES string of the molecule is O=C(O)CCCCc1cn(C2CS(=O)(=O)CC2O)nn1. The summed E-state index contributed by atoms with van der Waals surface area (Å²) in [6.07, 6.45) is 2.60. The van der Waals surface area contributed by atoms with Gasteiger partial charge in [-0.25, -0.2) is 13.1 Å². The van der Waals surface area contributed by atoms with Crippen molar-refractivity contribution in [1.29, 1.82) is 0 Å². The van der Waals surface area contributed by atoms with Crippen LogP contribution in [-0.4, -0.2) is 57.2 Å². The van der Waals surface area contributed by atoms with Gasteiger partial charge in [0.1, 0.15) is 0 Å². The topological polar surface area (TPSA) is 122 Å². The Kier molecular flexibility index (Phi) is 4.39. The molecule has 1 saturated heterocycles. The fraction of sp³-hybridized carbons (Fsp3) is 0.727. The number of hydrogen-bond donors (Lipinski definition) is 2. The van der Waals surface area contributed by atoms with Crippen molar-refractivity contribution in [3.63, 3.8) is 0 Å². The summed E-state index contributed by atoms with van der Waals surface area (Å²) in [5.74, 6) is -1.20. The number of hydrogen-bond acceptors (Lipinski definition) is 6. The summed E-state index contributed by atoms with van der Waals surface area (Å²) in [6.45, 7) is 0. The molecule has 0 aromatic carbocycles. The van der Waals surface area contributed by atoms with E-state index < -0.39 is 28.0 Å². The molecule has 1 aliphatic rings. The molecule has 0 spiro atoms. The molecule has 9 heteroatoms. The lowest BCUT2D eigenvalue weighted by atomic mass is 10.1. The van der Waals surface area contributed by atoms with Gasteiger partial charge in [-0.05, 0) is 19.3 Å². The maximum absolute atomic E-state index is 11.4. The highest BCUT2D eigenvalue weighted by Gasteiger charge is 2.38. The maximum Gasteiger partial charge on any atom is 0.303 e. The van der Waals surface area contributed by atoms with Crippen molar-refractivity contribution in [2.45, 2.75) is 37.8 Å². The van der Waals surface area contributed by atoms with Gasteiger partial charge in [-0.2, -0.15) is 0 Å². The molecule has 2 unspecified atom stereocenters. The number of aliphatic hydroxyl groups excluding tert-OH is 1. The highest BCUT2D eigenvalue weighted by molar-refractivity contribution is 7.91. The first kappa shape index (κ1) is 14.9. The van der Waals surface area contributed by atoms with Gasteiger partial charge in [0, 0.05) is 12.6 Å². The maximum atomic E-state index is 11.4. The molecular formula is C11H17N3O5S. The Balaban J connectivity index is 1.91. The van der Waals surface area contributed by atoms with E-state index in [1.165, 1.54) is 4.68 Å².